The van der Waals surface area contributed by atoms with Crippen LogP contribution in [0.5, 0.6) is 0 Å². The average molecular weight is 426 g/mol. The van der Waals surface area contributed by atoms with Crippen molar-refractivity contribution in [2.45, 2.75) is 0 Å². The second-order valence-corrected chi connectivity index (χ2v) is 8.04. The van der Waals surface area contributed by atoms with E-state index in [4.69, 9.17) is 0 Å². The van der Waals surface area contributed by atoms with Crippen molar-refractivity contribution in [2.24, 2.45) is 4.01 Å². The van der Waals surface area contributed by atoms with E-state index in [0.29, 0.717) is 0 Å². The van der Waals surface area contributed by atoms with Gasteiger partial charge in [0.15, 0.2) is 0 Å². The fraction of sp³-hybridized carbons (Fsp3) is 0. The van der Waals surface area contributed by atoms with Crippen LogP contribution in [0, 0.1) is 23.3 Å². The predicted octanol–water partition coefficient (Wildman–Crippen LogP) is 1.52. The molecule has 0 N–H and O–H groups in total. The molecule has 16 heavy (non-hydrogen) atoms. The van der Waals surface area contributed by atoms with Crippen LogP contribution in [0.3, 0.4) is 0 Å². The minimum absolute atomic E-state index is 0.193. The normalized spacial score (nSPS) is 14.9. The topological polar surface area (TPSA) is 26.5 Å². The van der Waals surface area contributed by atoms with Gasteiger partial charge in [0.25, 0.3) is 0 Å². The van der Waals surface area contributed by atoms with E-state index in [1.165, 1.54) is 0 Å². The number of rotatable bonds is 1. The van der Waals surface area contributed by atoms with Gasteiger partial charge in [-0.05, 0) is 0 Å². The number of amidine groups is 1. The monoisotopic (exact) mass is 427 g/mol. The molecule has 1 aromatic rings. The minimum atomic E-state index is -1.47. The SMILES string of the molecule is Fc1c(F)c(C2=N[Se][Se][N]2)c(F)c(F)c1Br. The van der Waals surface area contributed by atoms with Gasteiger partial charge in [-0.3, -0.25) is 0 Å². The predicted molar refractivity (Wildman–Crippen MR) is 54.2 cm³/mol. The first-order chi connectivity index (χ1) is 7.54. The van der Waals surface area contributed by atoms with Crippen molar-refractivity contribution < 1.29 is 17.6 Å². The molecule has 0 spiro atoms. The second-order valence-electron chi connectivity index (χ2n) is 2.60. The van der Waals surface area contributed by atoms with E-state index in [1.807, 2.05) is 0 Å². The summed E-state index contributed by atoms with van der Waals surface area (Å²) in [6.45, 7) is 0. The summed E-state index contributed by atoms with van der Waals surface area (Å²) < 4.78 is 59.8. The molecule has 0 amide bonds. The third-order valence-electron chi connectivity index (χ3n) is 1.71. The zero-order chi connectivity index (χ0) is 11.9. The fourth-order valence-corrected chi connectivity index (χ4v) is 4.88. The van der Waals surface area contributed by atoms with Gasteiger partial charge in [0, 0.05) is 0 Å². The summed E-state index contributed by atoms with van der Waals surface area (Å²) in [5, 5.41) is 0. The van der Waals surface area contributed by atoms with Gasteiger partial charge in [0.2, 0.25) is 0 Å². The van der Waals surface area contributed by atoms with Gasteiger partial charge in [0.1, 0.15) is 0 Å². The van der Waals surface area contributed by atoms with Crippen LogP contribution >= 0.6 is 15.9 Å². The molecular weight excluding hydrogens is 426 g/mol. The fourth-order valence-electron chi connectivity index (χ4n) is 1.01. The Balaban J connectivity index is 2.69. The maximum atomic E-state index is 13.4. The van der Waals surface area contributed by atoms with Crippen molar-refractivity contribution in [3.05, 3.63) is 33.3 Å². The molecule has 0 bridgehead atoms. The van der Waals surface area contributed by atoms with Gasteiger partial charge in [0.05, 0.1) is 0 Å². The van der Waals surface area contributed by atoms with Crippen molar-refractivity contribution in [1.29, 1.82) is 0 Å². The zero-order valence-corrected chi connectivity index (χ0v) is 12.1. The molecule has 0 aromatic heterocycles. The van der Waals surface area contributed by atoms with E-state index >= 15 is 0 Å². The van der Waals surface area contributed by atoms with Gasteiger partial charge in [-0.25, -0.2) is 0 Å². The second kappa shape index (κ2) is 4.66. The summed E-state index contributed by atoms with van der Waals surface area (Å²) >= 11 is 2.04. The molecule has 9 heteroatoms. The summed E-state index contributed by atoms with van der Waals surface area (Å²) in [7, 11) is 0. The Kier molecular flexibility index (Phi) is 3.61. The van der Waals surface area contributed by atoms with E-state index < -0.39 is 33.3 Å². The number of halogens is 5. The van der Waals surface area contributed by atoms with Gasteiger partial charge >= 0.3 is 108 Å². The van der Waals surface area contributed by atoms with Gasteiger partial charge in [-0.15, -0.1) is 0 Å². The van der Waals surface area contributed by atoms with E-state index in [1.54, 1.807) is 0 Å². The Hall–Kier alpha value is -0.0710. The number of benzene rings is 1. The Morgan fingerprint density at radius 1 is 0.875 bits per heavy atom. The zero-order valence-electron chi connectivity index (χ0n) is 7.10. The van der Waals surface area contributed by atoms with Crippen molar-refractivity contribution >= 4 is 48.5 Å². The molecule has 1 radical (unpaired) electrons. The third-order valence-corrected chi connectivity index (χ3v) is 5.94. The Morgan fingerprint density at radius 2 is 1.44 bits per heavy atom. The third kappa shape index (κ3) is 1.91. The molecule has 1 aliphatic rings. The molecular formula is C7BrF4N2Se2. The van der Waals surface area contributed by atoms with Crippen LogP contribution in [0.1, 0.15) is 5.56 Å². The summed E-state index contributed by atoms with van der Waals surface area (Å²) in [6.07, 6.45) is 0. The first-order valence-electron chi connectivity index (χ1n) is 3.67. The van der Waals surface area contributed by atoms with Gasteiger partial charge < -0.3 is 0 Å². The van der Waals surface area contributed by atoms with Crippen LogP contribution < -0.4 is 4.33 Å². The Morgan fingerprint density at radius 3 is 1.88 bits per heavy atom. The summed E-state index contributed by atoms with van der Waals surface area (Å²) in [5.74, 6) is -6.12. The van der Waals surface area contributed by atoms with Crippen LogP contribution in [0.25, 0.3) is 0 Å². The molecule has 2 rings (SSSR count). The molecule has 85 valence electrons. The standard InChI is InChI=1S/C7BrF4N2Se2/c8-2-5(11)3(9)1(4(10)6(2)12)7-13-15-16-14-7. The molecule has 2 nitrogen and oxygen atoms in total. The van der Waals surface area contributed by atoms with Gasteiger partial charge in [-0.2, -0.15) is 0 Å². The summed E-state index contributed by atoms with van der Waals surface area (Å²) in [5.41, 5.74) is -0.820. The molecule has 0 atom stereocenters. The van der Waals surface area contributed by atoms with Crippen LogP contribution in [0.4, 0.5) is 17.6 Å². The van der Waals surface area contributed by atoms with Crippen LogP contribution in [0.2, 0.25) is 0 Å². The van der Waals surface area contributed by atoms with E-state index in [9.17, 15) is 17.6 Å². The van der Waals surface area contributed by atoms with E-state index in [-0.39, 0.29) is 32.5 Å². The van der Waals surface area contributed by atoms with Crippen molar-refractivity contribution in [1.82, 2.24) is 4.33 Å². The van der Waals surface area contributed by atoms with Crippen molar-refractivity contribution in [3.8, 4) is 0 Å². The average Bonchev–Trinajstić information content (AvgIpc) is 2.77. The first kappa shape index (κ1) is 12.4. The first-order valence-corrected chi connectivity index (χ1v) is 10.3. The van der Waals surface area contributed by atoms with Crippen LogP contribution in [0.15, 0.2) is 8.48 Å². The Labute approximate surface area is 107 Å². The summed E-state index contributed by atoms with van der Waals surface area (Å²) in [4.78, 5) is 0. The number of nitrogens with zero attached hydrogens (tertiary/aromatic N) is 2. The molecule has 1 heterocycles. The van der Waals surface area contributed by atoms with Crippen LogP contribution in [-0.4, -0.2) is 32.5 Å². The molecule has 1 aromatic carbocycles. The van der Waals surface area contributed by atoms with Gasteiger partial charge in [-0.1, -0.05) is 0 Å². The molecule has 1 aliphatic heterocycles. The van der Waals surface area contributed by atoms with Crippen molar-refractivity contribution in [2.75, 3.05) is 0 Å². The quantitative estimate of drug-likeness (QED) is 0.282. The van der Waals surface area contributed by atoms with E-state index in [0.717, 1.165) is 0 Å². The molecule has 0 aliphatic carbocycles. The molecule has 0 unspecified atom stereocenters. The number of hydrogen-bond donors (Lipinski definition) is 0. The molecule has 0 fully saturated rings. The molecule has 0 saturated heterocycles. The summed E-state index contributed by atoms with van der Waals surface area (Å²) in [6, 6.07) is 0. The van der Waals surface area contributed by atoms with Crippen molar-refractivity contribution in [3.63, 3.8) is 0 Å². The Bertz CT molecular complexity index is 465. The maximum absolute atomic E-state index is 13.4. The number of hydrogen-bond acceptors (Lipinski definition) is 1. The molecule has 0 saturated carbocycles. The van der Waals surface area contributed by atoms with E-state index in [2.05, 4.69) is 24.3 Å². The van der Waals surface area contributed by atoms with Crippen LogP contribution in [-0.2, 0) is 0 Å².